The third kappa shape index (κ3) is 6.01. The highest BCUT2D eigenvalue weighted by atomic mass is 16.5. The van der Waals surface area contributed by atoms with Gasteiger partial charge in [0.2, 0.25) is 11.9 Å². The lowest BCUT2D eigenvalue weighted by Gasteiger charge is -2.24. The van der Waals surface area contributed by atoms with Crippen molar-refractivity contribution in [3.05, 3.63) is 0 Å². The molecule has 114 valence electrons. The molecule has 1 aromatic rings. The lowest BCUT2D eigenvalue weighted by molar-refractivity contribution is 0.247. The fourth-order valence-corrected chi connectivity index (χ4v) is 1.67. The molecular weight excluding hydrogens is 258 g/mol. The first-order valence-electron chi connectivity index (χ1n) is 6.96. The minimum atomic E-state index is 0.0363. The van der Waals surface area contributed by atoms with E-state index in [-0.39, 0.29) is 24.0 Å². The largest absolute Gasteiger partial charge is 0.463 e. The van der Waals surface area contributed by atoms with Crippen molar-refractivity contribution in [1.82, 2.24) is 15.0 Å². The van der Waals surface area contributed by atoms with Crippen molar-refractivity contribution >= 4 is 11.9 Å². The Bertz CT molecular complexity index is 412. The maximum atomic E-state index is 8.88. The number of aromatic nitrogens is 3. The molecule has 0 saturated carbocycles. The Morgan fingerprint density at radius 2 is 2.05 bits per heavy atom. The zero-order valence-corrected chi connectivity index (χ0v) is 12.5. The maximum Gasteiger partial charge on any atom is 0.323 e. The molecule has 0 radical (unpaired) electrons. The average Bonchev–Trinajstić information content (AvgIpc) is 2.40. The molecule has 0 atom stereocenters. The van der Waals surface area contributed by atoms with Crippen LogP contribution < -0.4 is 15.8 Å². The van der Waals surface area contributed by atoms with Crippen LogP contribution in [-0.4, -0.2) is 39.8 Å². The van der Waals surface area contributed by atoms with Gasteiger partial charge < -0.3 is 20.9 Å². The van der Waals surface area contributed by atoms with Gasteiger partial charge in [-0.2, -0.15) is 15.0 Å². The first-order chi connectivity index (χ1) is 9.46. The van der Waals surface area contributed by atoms with E-state index in [1.54, 1.807) is 0 Å². The third-order valence-electron chi connectivity index (χ3n) is 2.80. The van der Waals surface area contributed by atoms with Gasteiger partial charge >= 0.3 is 6.01 Å². The number of rotatable bonds is 9. The molecule has 7 heteroatoms. The smallest absolute Gasteiger partial charge is 0.323 e. The van der Waals surface area contributed by atoms with Gasteiger partial charge in [-0.05, 0) is 24.7 Å². The second-order valence-electron chi connectivity index (χ2n) is 5.49. The molecule has 0 spiro atoms. The third-order valence-corrected chi connectivity index (χ3v) is 2.80. The average molecular weight is 283 g/mol. The Hall–Kier alpha value is -1.63. The number of aliphatic hydroxyl groups is 1. The molecule has 0 saturated heterocycles. The van der Waals surface area contributed by atoms with E-state index in [0.29, 0.717) is 19.1 Å². The molecule has 0 fully saturated rings. The van der Waals surface area contributed by atoms with Crippen LogP contribution in [-0.2, 0) is 0 Å². The number of nitrogens with zero attached hydrogens (tertiary/aromatic N) is 3. The normalized spacial score (nSPS) is 11.4. The second kappa shape index (κ2) is 7.84. The zero-order chi connectivity index (χ0) is 15.0. The monoisotopic (exact) mass is 283 g/mol. The summed E-state index contributed by atoms with van der Waals surface area (Å²) in [6, 6.07) is 0.245. The van der Waals surface area contributed by atoms with E-state index >= 15 is 0 Å². The molecule has 0 unspecified atom stereocenters. The van der Waals surface area contributed by atoms with Crippen LogP contribution in [0.3, 0.4) is 0 Å². The fourth-order valence-electron chi connectivity index (χ4n) is 1.67. The van der Waals surface area contributed by atoms with Crippen LogP contribution in [0.1, 0.15) is 40.0 Å². The SMILES string of the molecule is CCCOc1nc(N)nc(NCC(C)(C)CCCO)n1. The molecule has 0 aromatic carbocycles. The Morgan fingerprint density at radius 1 is 1.30 bits per heavy atom. The molecule has 1 aromatic heterocycles. The van der Waals surface area contributed by atoms with Crippen LogP contribution in [0, 0.1) is 5.41 Å². The van der Waals surface area contributed by atoms with Crippen molar-refractivity contribution in [2.75, 3.05) is 30.8 Å². The van der Waals surface area contributed by atoms with Gasteiger partial charge in [0.05, 0.1) is 6.61 Å². The lowest BCUT2D eigenvalue weighted by atomic mass is 9.88. The van der Waals surface area contributed by atoms with Crippen molar-refractivity contribution < 1.29 is 9.84 Å². The van der Waals surface area contributed by atoms with Crippen LogP contribution in [0.25, 0.3) is 0 Å². The number of hydrogen-bond donors (Lipinski definition) is 3. The van der Waals surface area contributed by atoms with Gasteiger partial charge in [0, 0.05) is 13.2 Å². The Kier molecular flexibility index (Phi) is 6.44. The van der Waals surface area contributed by atoms with Crippen molar-refractivity contribution in [2.45, 2.75) is 40.0 Å². The van der Waals surface area contributed by atoms with Gasteiger partial charge in [0.25, 0.3) is 0 Å². The van der Waals surface area contributed by atoms with E-state index < -0.39 is 0 Å². The highest BCUT2D eigenvalue weighted by Crippen LogP contribution is 2.22. The van der Waals surface area contributed by atoms with Crippen molar-refractivity contribution in [3.8, 4) is 6.01 Å². The lowest BCUT2D eigenvalue weighted by Crippen LogP contribution is -2.24. The standard InChI is InChI=1S/C13H25N5O2/c1-4-8-20-12-17-10(14)16-11(18-12)15-9-13(2,3)6-5-7-19/h19H,4-9H2,1-3H3,(H3,14,15,16,17,18). The molecule has 1 rings (SSSR count). The van der Waals surface area contributed by atoms with Crippen LogP contribution in [0.4, 0.5) is 11.9 Å². The van der Waals surface area contributed by atoms with E-state index in [2.05, 4.69) is 34.1 Å². The molecular formula is C13H25N5O2. The van der Waals surface area contributed by atoms with Gasteiger partial charge in [-0.15, -0.1) is 0 Å². The second-order valence-corrected chi connectivity index (χ2v) is 5.49. The fraction of sp³-hybridized carbons (Fsp3) is 0.769. The molecule has 0 bridgehead atoms. The van der Waals surface area contributed by atoms with Gasteiger partial charge in [0.15, 0.2) is 0 Å². The predicted octanol–water partition coefficient (Wildman–Crippen LogP) is 1.45. The summed E-state index contributed by atoms with van der Waals surface area (Å²) >= 11 is 0. The van der Waals surface area contributed by atoms with Gasteiger partial charge in [-0.1, -0.05) is 20.8 Å². The number of hydrogen-bond acceptors (Lipinski definition) is 7. The molecule has 4 N–H and O–H groups in total. The first-order valence-corrected chi connectivity index (χ1v) is 6.96. The van der Waals surface area contributed by atoms with Crippen LogP contribution >= 0.6 is 0 Å². The summed E-state index contributed by atoms with van der Waals surface area (Å²) in [4.78, 5) is 12.1. The highest BCUT2D eigenvalue weighted by Gasteiger charge is 2.18. The Balaban J connectivity index is 2.60. The van der Waals surface area contributed by atoms with E-state index in [4.69, 9.17) is 15.6 Å². The number of ether oxygens (including phenoxy) is 1. The minimum Gasteiger partial charge on any atom is -0.463 e. The number of nitrogens with one attached hydrogen (secondary N) is 1. The van der Waals surface area contributed by atoms with Gasteiger partial charge in [0.1, 0.15) is 0 Å². The molecule has 0 aliphatic rings. The highest BCUT2D eigenvalue weighted by molar-refractivity contribution is 5.32. The predicted molar refractivity (Wildman–Crippen MR) is 78.6 cm³/mol. The summed E-state index contributed by atoms with van der Waals surface area (Å²) in [6.07, 6.45) is 2.57. The zero-order valence-electron chi connectivity index (χ0n) is 12.5. The molecule has 0 aliphatic heterocycles. The topological polar surface area (TPSA) is 106 Å². The minimum absolute atomic E-state index is 0.0363. The van der Waals surface area contributed by atoms with Gasteiger partial charge in [-0.25, -0.2) is 0 Å². The van der Waals surface area contributed by atoms with E-state index in [1.165, 1.54) is 0 Å². The van der Waals surface area contributed by atoms with Crippen molar-refractivity contribution in [3.63, 3.8) is 0 Å². The first kappa shape index (κ1) is 16.4. The van der Waals surface area contributed by atoms with E-state index in [9.17, 15) is 0 Å². The van der Waals surface area contributed by atoms with Crippen LogP contribution in [0.15, 0.2) is 0 Å². The summed E-state index contributed by atoms with van der Waals surface area (Å²) in [5, 5.41) is 12.0. The number of nitrogen functional groups attached to an aromatic ring is 1. The van der Waals surface area contributed by atoms with Crippen LogP contribution in [0.5, 0.6) is 6.01 Å². The Labute approximate surface area is 120 Å². The van der Waals surface area contributed by atoms with Crippen LogP contribution in [0.2, 0.25) is 0 Å². The van der Waals surface area contributed by atoms with Crippen molar-refractivity contribution in [2.24, 2.45) is 5.41 Å². The number of anilines is 2. The molecule has 0 amide bonds. The summed E-state index contributed by atoms with van der Waals surface area (Å²) in [6.45, 7) is 7.68. The quantitative estimate of drug-likeness (QED) is 0.629. The molecule has 20 heavy (non-hydrogen) atoms. The van der Waals surface area contributed by atoms with E-state index in [1.807, 2.05) is 6.92 Å². The Morgan fingerprint density at radius 3 is 2.70 bits per heavy atom. The van der Waals surface area contributed by atoms with Gasteiger partial charge in [-0.3, -0.25) is 0 Å². The summed E-state index contributed by atoms with van der Waals surface area (Å²) < 4.78 is 5.36. The number of nitrogens with two attached hydrogens (primary N) is 1. The maximum absolute atomic E-state index is 8.88. The van der Waals surface area contributed by atoms with Crippen molar-refractivity contribution in [1.29, 1.82) is 0 Å². The molecule has 0 aliphatic carbocycles. The van der Waals surface area contributed by atoms with E-state index in [0.717, 1.165) is 19.3 Å². The summed E-state index contributed by atoms with van der Waals surface area (Å²) in [5.41, 5.74) is 5.67. The molecule has 7 nitrogen and oxygen atoms in total. The molecule has 1 heterocycles. The summed E-state index contributed by atoms with van der Waals surface area (Å²) in [5.74, 6) is 0.558. The summed E-state index contributed by atoms with van der Waals surface area (Å²) in [7, 11) is 0. The number of aliphatic hydroxyl groups excluding tert-OH is 1.